The van der Waals surface area contributed by atoms with E-state index < -0.39 is 12.1 Å². The van der Waals surface area contributed by atoms with E-state index in [1.54, 1.807) is 6.07 Å². The molecule has 1 spiro atoms. The van der Waals surface area contributed by atoms with Crippen molar-refractivity contribution in [1.82, 2.24) is 0 Å². The summed E-state index contributed by atoms with van der Waals surface area (Å²) in [6.07, 6.45) is 0.491. The van der Waals surface area contributed by atoms with Gasteiger partial charge in [0.1, 0.15) is 30.3 Å². The molecule has 3 aromatic carbocycles. The monoisotopic (exact) mass is 412 g/mol. The summed E-state index contributed by atoms with van der Waals surface area (Å²) in [7, 11) is 0. The maximum absolute atomic E-state index is 12.9. The molecule has 3 aliphatic heterocycles. The van der Waals surface area contributed by atoms with E-state index in [0.29, 0.717) is 16.9 Å². The van der Waals surface area contributed by atoms with Gasteiger partial charge in [-0.2, -0.15) is 0 Å². The van der Waals surface area contributed by atoms with E-state index in [9.17, 15) is 4.79 Å². The molecule has 3 aromatic rings. The molecule has 0 N–H and O–H groups in total. The lowest BCUT2D eigenvalue weighted by atomic mass is 9.92. The molecule has 6 rings (SSSR count). The highest BCUT2D eigenvalue weighted by atomic mass is 16.9. The Morgan fingerprint density at radius 1 is 0.742 bits per heavy atom. The van der Waals surface area contributed by atoms with Crippen LogP contribution in [0.5, 0.6) is 5.75 Å². The van der Waals surface area contributed by atoms with E-state index in [0.717, 1.165) is 11.1 Å². The standard InChI is InChI=1S/C26H20O5/c27-23-19-13-7-8-14-21(19)29-22-15-26(28-16-20(22)23)30-24(17-9-3-1-4-10-17)25(31-26)18-11-5-2-6-12-18/h1-14,16,22,24-25H,15H2/t22-,24+,25+/m1/s1. The lowest BCUT2D eigenvalue weighted by Crippen LogP contribution is -2.45. The van der Waals surface area contributed by atoms with Crippen LogP contribution in [0.2, 0.25) is 0 Å². The smallest absolute Gasteiger partial charge is 0.331 e. The molecule has 0 saturated carbocycles. The first-order chi connectivity index (χ1) is 15.2. The zero-order chi connectivity index (χ0) is 20.8. The van der Waals surface area contributed by atoms with Crippen LogP contribution >= 0.6 is 0 Å². The lowest BCUT2D eigenvalue weighted by molar-refractivity contribution is -0.334. The van der Waals surface area contributed by atoms with E-state index in [2.05, 4.69) is 0 Å². The van der Waals surface area contributed by atoms with Crippen LogP contribution in [0.15, 0.2) is 96.8 Å². The van der Waals surface area contributed by atoms with Crippen molar-refractivity contribution in [2.75, 3.05) is 0 Å². The minimum atomic E-state index is -1.33. The quantitative estimate of drug-likeness (QED) is 0.585. The van der Waals surface area contributed by atoms with Crippen molar-refractivity contribution in [2.45, 2.75) is 30.7 Å². The molecule has 0 aliphatic carbocycles. The summed E-state index contributed by atoms with van der Waals surface area (Å²) in [5.74, 6) is -0.843. The Morgan fingerprint density at radius 2 is 1.32 bits per heavy atom. The topological polar surface area (TPSA) is 54.0 Å². The molecule has 5 nitrogen and oxygen atoms in total. The Bertz CT molecular complexity index is 1110. The number of carbonyl (C=O) groups is 1. The predicted octanol–water partition coefficient (Wildman–Crippen LogP) is 5.12. The lowest BCUT2D eigenvalue weighted by Gasteiger charge is -2.37. The van der Waals surface area contributed by atoms with Gasteiger partial charge in [0.15, 0.2) is 5.78 Å². The van der Waals surface area contributed by atoms with Crippen molar-refractivity contribution in [3.63, 3.8) is 0 Å². The largest absolute Gasteiger partial charge is 0.484 e. The second-order valence-electron chi connectivity index (χ2n) is 7.91. The first-order valence-electron chi connectivity index (χ1n) is 10.4. The molecule has 0 unspecified atom stereocenters. The Kier molecular flexibility index (Phi) is 4.19. The third-order valence-corrected chi connectivity index (χ3v) is 5.96. The number of hydrogen-bond acceptors (Lipinski definition) is 5. The van der Waals surface area contributed by atoms with Gasteiger partial charge in [-0.05, 0) is 23.3 Å². The summed E-state index contributed by atoms with van der Waals surface area (Å²) in [5, 5.41) is 0. The number of ether oxygens (including phenoxy) is 4. The molecule has 3 heterocycles. The molecule has 3 aliphatic rings. The normalized spacial score (nSPS) is 25.7. The predicted molar refractivity (Wildman–Crippen MR) is 112 cm³/mol. The van der Waals surface area contributed by atoms with Crippen LogP contribution < -0.4 is 4.74 Å². The molecule has 1 fully saturated rings. The molecule has 0 radical (unpaired) electrons. The number of Topliss-reactive ketones (excluding diaryl/α,β-unsaturated/α-hetero) is 1. The van der Waals surface area contributed by atoms with Crippen LogP contribution in [0.4, 0.5) is 0 Å². The summed E-state index contributed by atoms with van der Waals surface area (Å²) in [5.41, 5.74) is 3.02. The Balaban J connectivity index is 1.36. The van der Waals surface area contributed by atoms with Crippen molar-refractivity contribution in [2.24, 2.45) is 0 Å². The van der Waals surface area contributed by atoms with Crippen LogP contribution in [-0.2, 0) is 14.2 Å². The van der Waals surface area contributed by atoms with Gasteiger partial charge in [-0.1, -0.05) is 72.8 Å². The van der Waals surface area contributed by atoms with Crippen molar-refractivity contribution in [3.8, 4) is 5.75 Å². The molecule has 3 atom stereocenters. The minimum absolute atomic E-state index is 0.0843. The molecule has 0 bridgehead atoms. The van der Waals surface area contributed by atoms with Gasteiger partial charge >= 0.3 is 5.97 Å². The van der Waals surface area contributed by atoms with Gasteiger partial charge in [0, 0.05) is 0 Å². The van der Waals surface area contributed by atoms with Gasteiger partial charge in [-0.3, -0.25) is 4.79 Å². The van der Waals surface area contributed by atoms with E-state index in [4.69, 9.17) is 18.9 Å². The summed E-state index contributed by atoms with van der Waals surface area (Å²) in [6, 6.07) is 27.2. The zero-order valence-electron chi connectivity index (χ0n) is 16.6. The van der Waals surface area contributed by atoms with E-state index in [1.807, 2.05) is 78.9 Å². The number of rotatable bonds is 2. The fourth-order valence-corrected chi connectivity index (χ4v) is 4.45. The molecule has 1 saturated heterocycles. The van der Waals surface area contributed by atoms with E-state index in [1.165, 1.54) is 6.26 Å². The second kappa shape index (κ2) is 7.08. The number of ketones is 1. The van der Waals surface area contributed by atoms with E-state index in [-0.39, 0.29) is 24.4 Å². The summed E-state index contributed by atoms with van der Waals surface area (Å²) in [4.78, 5) is 12.9. The molecule has 31 heavy (non-hydrogen) atoms. The molecule has 154 valence electrons. The molecule has 5 heteroatoms. The van der Waals surface area contributed by atoms with Crippen LogP contribution in [0, 0.1) is 0 Å². The molecule has 0 aromatic heterocycles. The number of hydrogen-bond donors (Lipinski definition) is 0. The number of benzene rings is 3. The highest BCUT2D eigenvalue weighted by molar-refractivity contribution is 6.12. The van der Waals surface area contributed by atoms with Crippen molar-refractivity contribution in [1.29, 1.82) is 0 Å². The fourth-order valence-electron chi connectivity index (χ4n) is 4.45. The van der Waals surface area contributed by atoms with Gasteiger partial charge in [-0.15, -0.1) is 0 Å². The molecule has 0 amide bonds. The average molecular weight is 412 g/mol. The maximum Gasteiger partial charge on any atom is 0.331 e. The summed E-state index contributed by atoms with van der Waals surface area (Å²) < 4.78 is 25.0. The molecular formula is C26H20O5. The van der Waals surface area contributed by atoms with Crippen LogP contribution in [0.25, 0.3) is 0 Å². The summed E-state index contributed by atoms with van der Waals surface area (Å²) in [6.45, 7) is 0. The second-order valence-corrected chi connectivity index (χ2v) is 7.91. The maximum atomic E-state index is 12.9. The number of fused-ring (bicyclic) bond motifs is 2. The first-order valence-corrected chi connectivity index (χ1v) is 10.4. The van der Waals surface area contributed by atoms with Gasteiger partial charge in [0.25, 0.3) is 0 Å². The van der Waals surface area contributed by atoms with Crippen molar-refractivity contribution in [3.05, 3.63) is 113 Å². The van der Waals surface area contributed by atoms with Crippen molar-refractivity contribution >= 4 is 5.78 Å². The third-order valence-electron chi connectivity index (χ3n) is 5.96. The highest BCUT2D eigenvalue weighted by Gasteiger charge is 2.55. The fraction of sp³-hybridized carbons (Fsp3) is 0.192. The third kappa shape index (κ3) is 3.05. The van der Waals surface area contributed by atoms with Crippen molar-refractivity contribution < 1.29 is 23.7 Å². The Morgan fingerprint density at radius 3 is 1.97 bits per heavy atom. The van der Waals surface area contributed by atoms with Gasteiger partial charge in [0.05, 0.1) is 17.6 Å². The van der Waals surface area contributed by atoms with Crippen LogP contribution in [-0.4, -0.2) is 17.9 Å². The SMILES string of the molecule is O=C1C2=COC3(C[C@H]2Oc2ccccc21)O[C@@H](c1ccccc1)[C@H](c1ccccc1)O3. The van der Waals surface area contributed by atoms with E-state index >= 15 is 0 Å². The Labute approximate surface area is 179 Å². The first kappa shape index (κ1) is 18.4. The van der Waals surface area contributed by atoms with Crippen LogP contribution in [0.3, 0.4) is 0 Å². The minimum Gasteiger partial charge on any atom is -0.484 e. The average Bonchev–Trinajstić information content (AvgIpc) is 3.19. The number of carbonyl (C=O) groups excluding carboxylic acids is 1. The van der Waals surface area contributed by atoms with Crippen LogP contribution in [0.1, 0.15) is 40.1 Å². The number of para-hydroxylation sites is 1. The van der Waals surface area contributed by atoms with Gasteiger partial charge in [0.2, 0.25) is 0 Å². The van der Waals surface area contributed by atoms with Gasteiger partial charge in [-0.25, -0.2) is 0 Å². The highest BCUT2D eigenvalue weighted by Crippen LogP contribution is 2.52. The zero-order valence-corrected chi connectivity index (χ0v) is 16.6. The molecular weight excluding hydrogens is 392 g/mol. The summed E-state index contributed by atoms with van der Waals surface area (Å²) >= 11 is 0. The van der Waals surface area contributed by atoms with Gasteiger partial charge < -0.3 is 18.9 Å². The Hall–Kier alpha value is -3.41.